The summed E-state index contributed by atoms with van der Waals surface area (Å²) in [6, 6.07) is 5.36. The van der Waals surface area contributed by atoms with Crippen molar-refractivity contribution in [3.63, 3.8) is 0 Å². The maximum Gasteiger partial charge on any atom is 0.416 e. The lowest BCUT2D eigenvalue weighted by Crippen LogP contribution is -2.14. The highest BCUT2D eigenvalue weighted by Gasteiger charge is 2.30. The second-order valence-electron chi connectivity index (χ2n) is 5.74. The van der Waals surface area contributed by atoms with Gasteiger partial charge in [0.1, 0.15) is 0 Å². The van der Waals surface area contributed by atoms with Crippen LogP contribution in [0.15, 0.2) is 24.3 Å². The Kier molecular flexibility index (Phi) is 5.36. The Morgan fingerprint density at radius 3 is 2.20 bits per heavy atom. The topological polar surface area (TPSA) is 0 Å². The zero-order valence-corrected chi connectivity index (χ0v) is 12.2. The first kappa shape index (κ1) is 15.7. The fourth-order valence-electron chi connectivity index (χ4n) is 2.95. The van der Waals surface area contributed by atoms with Gasteiger partial charge >= 0.3 is 6.18 Å². The molecule has 20 heavy (non-hydrogen) atoms. The van der Waals surface area contributed by atoms with Gasteiger partial charge in [-0.2, -0.15) is 13.2 Å². The van der Waals surface area contributed by atoms with Gasteiger partial charge in [0.15, 0.2) is 0 Å². The molecule has 1 aromatic carbocycles. The minimum absolute atomic E-state index is 0.0230. The molecule has 1 aliphatic carbocycles. The van der Waals surface area contributed by atoms with Crippen LogP contribution in [0.5, 0.6) is 0 Å². The average molecular weight is 305 g/mol. The van der Waals surface area contributed by atoms with E-state index in [2.05, 4.69) is 0 Å². The van der Waals surface area contributed by atoms with Crippen LogP contribution in [0, 0.1) is 5.92 Å². The fourth-order valence-corrected chi connectivity index (χ4v) is 3.38. The lowest BCUT2D eigenvalue weighted by molar-refractivity contribution is -0.137. The molecule has 0 N–H and O–H groups in total. The van der Waals surface area contributed by atoms with Gasteiger partial charge in [-0.05, 0) is 36.5 Å². The lowest BCUT2D eigenvalue weighted by Gasteiger charge is -2.23. The summed E-state index contributed by atoms with van der Waals surface area (Å²) in [5.74, 6) is 0.695. The maximum absolute atomic E-state index is 12.5. The van der Waals surface area contributed by atoms with Gasteiger partial charge in [-0.25, -0.2) is 0 Å². The first-order valence-electron chi connectivity index (χ1n) is 7.25. The summed E-state index contributed by atoms with van der Waals surface area (Å²) in [4.78, 5) is 0. The molecular weight excluding hydrogens is 285 g/mol. The quantitative estimate of drug-likeness (QED) is 0.614. The van der Waals surface area contributed by atoms with E-state index in [0.717, 1.165) is 24.1 Å². The Bertz CT molecular complexity index is 405. The van der Waals surface area contributed by atoms with E-state index in [1.54, 1.807) is 12.1 Å². The Morgan fingerprint density at radius 1 is 1.05 bits per heavy atom. The molecule has 0 aromatic heterocycles. The van der Waals surface area contributed by atoms with Crippen LogP contribution < -0.4 is 0 Å². The van der Waals surface area contributed by atoms with Crippen LogP contribution in [0.1, 0.15) is 49.7 Å². The maximum atomic E-state index is 12.5. The molecule has 1 aromatic rings. The van der Waals surface area contributed by atoms with Gasteiger partial charge in [0.25, 0.3) is 0 Å². The predicted octanol–water partition coefficient (Wildman–Crippen LogP) is 5.83. The molecule has 0 bridgehead atoms. The molecule has 0 radical (unpaired) electrons. The molecule has 0 amide bonds. The summed E-state index contributed by atoms with van der Waals surface area (Å²) >= 11 is 6.36. The molecular formula is C16H20ClF3. The van der Waals surface area contributed by atoms with Gasteiger partial charge in [-0.3, -0.25) is 0 Å². The number of rotatable bonds is 4. The number of hydrogen-bond donors (Lipinski definition) is 0. The third-order valence-electron chi connectivity index (χ3n) is 4.05. The van der Waals surface area contributed by atoms with Crippen LogP contribution in [-0.4, -0.2) is 5.38 Å². The molecule has 2 rings (SSSR count). The second-order valence-corrected chi connectivity index (χ2v) is 6.35. The van der Waals surface area contributed by atoms with E-state index in [0.29, 0.717) is 12.3 Å². The van der Waals surface area contributed by atoms with Crippen LogP contribution >= 0.6 is 11.6 Å². The molecule has 1 atom stereocenters. The normalized spacial score (nSPS) is 19.0. The lowest BCUT2D eigenvalue weighted by atomic mass is 9.85. The molecule has 0 aliphatic heterocycles. The van der Waals surface area contributed by atoms with Gasteiger partial charge in [0.05, 0.1) is 5.56 Å². The van der Waals surface area contributed by atoms with Crippen LogP contribution in [0.4, 0.5) is 13.2 Å². The first-order chi connectivity index (χ1) is 9.45. The number of halogens is 4. The smallest absolute Gasteiger partial charge is 0.166 e. The highest BCUT2D eigenvalue weighted by atomic mass is 35.5. The minimum Gasteiger partial charge on any atom is -0.166 e. The van der Waals surface area contributed by atoms with Crippen molar-refractivity contribution in [1.29, 1.82) is 0 Å². The summed E-state index contributed by atoms with van der Waals surface area (Å²) < 4.78 is 37.4. The van der Waals surface area contributed by atoms with Crippen LogP contribution in [-0.2, 0) is 12.6 Å². The molecule has 0 spiro atoms. The average Bonchev–Trinajstić information content (AvgIpc) is 2.39. The molecule has 1 fully saturated rings. The zero-order valence-electron chi connectivity index (χ0n) is 11.4. The number of alkyl halides is 4. The number of benzene rings is 1. The fraction of sp³-hybridized carbons (Fsp3) is 0.625. The monoisotopic (exact) mass is 304 g/mol. The van der Waals surface area contributed by atoms with Crippen molar-refractivity contribution in [3.8, 4) is 0 Å². The van der Waals surface area contributed by atoms with Gasteiger partial charge in [-0.15, -0.1) is 11.6 Å². The van der Waals surface area contributed by atoms with Crippen molar-refractivity contribution in [2.24, 2.45) is 5.92 Å². The molecule has 1 aliphatic rings. The standard InChI is InChI=1S/C16H20ClF3/c17-15(10-12-4-2-1-3-5-12)11-13-6-8-14(9-7-13)16(18,19)20/h6-9,12,15H,1-5,10-11H2. The third-order valence-corrected chi connectivity index (χ3v) is 4.38. The van der Waals surface area contributed by atoms with Crippen LogP contribution in [0.2, 0.25) is 0 Å². The van der Waals surface area contributed by atoms with Crippen molar-refractivity contribution >= 4 is 11.6 Å². The Hall–Kier alpha value is -0.700. The predicted molar refractivity (Wildman–Crippen MR) is 76.0 cm³/mol. The first-order valence-corrected chi connectivity index (χ1v) is 7.69. The molecule has 0 nitrogen and oxygen atoms in total. The third kappa shape index (κ3) is 4.69. The van der Waals surface area contributed by atoms with Gasteiger partial charge in [0, 0.05) is 5.38 Å². The van der Waals surface area contributed by atoms with E-state index >= 15 is 0 Å². The largest absolute Gasteiger partial charge is 0.416 e. The molecule has 1 unspecified atom stereocenters. The molecule has 1 saturated carbocycles. The van der Waals surface area contributed by atoms with E-state index in [4.69, 9.17) is 11.6 Å². The van der Waals surface area contributed by atoms with E-state index < -0.39 is 11.7 Å². The Balaban J connectivity index is 1.86. The second kappa shape index (κ2) is 6.84. The summed E-state index contributed by atoms with van der Waals surface area (Å²) in [6.07, 6.45) is 3.75. The Morgan fingerprint density at radius 2 is 1.65 bits per heavy atom. The van der Waals surface area contributed by atoms with Gasteiger partial charge in [-0.1, -0.05) is 44.2 Å². The molecule has 112 valence electrons. The van der Waals surface area contributed by atoms with E-state index in [-0.39, 0.29) is 5.38 Å². The highest BCUT2D eigenvalue weighted by Crippen LogP contribution is 2.31. The Labute approximate surface area is 123 Å². The van der Waals surface area contributed by atoms with Crippen molar-refractivity contribution < 1.29 is 13.2 Å². The van der Waals surface area contributed by atoms with Crippen molar-refractivity contribution in [2.75, 3.05) is 0 Å². The number of hydrogen-bond acceptors (Lipinski definition) is 0. The summed E-state index contributed by atoms with van der Waals surface area (Å²) in [6.45, 7) is 0. The van der Waals surface area contributed by atoms with E-state index in [1.165, 1.54) is 32.1 Å². The van der Waals surface area contributed by atoms with Crippen molar-refractivity contribution in [3.05, 3.63) is 35.4 Å². The summed E-state index contributed by atoms with van der Waals surface area (Å²) in [5.41, 5.74) is 0.286. The zero-order chi connectivity index (χ0) is 14.6. The van der Waals surface area contributed by atoms with Gasteiger partial charge in [0.2, 0.25) is 0 Å². The SMILES string of the molecule is FC(F)(F)c1ccc(CC(Cl)CC2CCCCC2)cc1. The van der Waals surface area contributed by atoms with Crippen molar-refractivity contribution in [2.45, 2.75) is 56.5 Å². The van der Waals surface area contributed by atoms with Gasteiger partial charge < -0.3 is 0 Å². The van der Waals surface area contributed by atoms with Crippen LogP contribution in [0.25, 0.3) is 0 Å². The molecule has 4 heteroatoms. The van der Waals surface area contributed by atoms with E-state index in [1.807, 2.05) is 0 Å². The highest BCUT2D eigenvalue weighted by molar-refractivity contribution is 6.20. The molecule has 0 heterocycles. The van der Waals surface area contributed by atoms with Crippen molar-refractivity contribution in [1.82, 2.24) is 0 Å². The summed E-state index contributed by atoms with van der Waals surface area (Å²) in [7, 11) is 0. The van der Waals surface area contributed by atoms with E-state index in [9.17, 15) is 13.2 Å². The van der Waals surface area contributed by atoms with Crippen LogP contribution in [0.3, 0.4) is 0 Å². The summed E-state index contributed by atoms with van der Waals surface area (Å²) in [5, 5.41) is 0.0230. The molecule has 0 saturated heterocycles. The minimum atomic E-state index is -4.26.